The number of carbonyl (C=O) groups is 1. The van der Waals surface area contributed by atoms with Gasteiger partial charge in [-0.15, -0.1) is 11.3 Å². The van der Waals surface area contributed by atoms with Gasteiger partial charge in [0.1, 0.15) is 5.75 Å². The number of para-hydroxylation sites is 1. The molecule has 7 nitrogen and oxygen atoms in total. The minimum Gasteiger partial charge on any atom is -0.496 e. The molecule has 2 aromatic rings. The minimum atomic E-state index is -5.03. The molecule has 1 aromatic heterocycles. The van der Waals surface area contributed by atoms with Gasteiger partial charge < -0.3 is 14.6 Å². The topological polar surface area (TPSA) is 84.2 Å². The maximum Gasteiger partial charge on any atom is 0.438 e. The lowest BCUT2D eigenvalue weighted by molar-refractivity contribution is -0.254. The predicted molar refractivity (Wildman–Crippen MR) is 95.7 cm³/mol. The quantitative estimate of drug-likeness (QED) is 0.755. The average molecular weight is 415 g/mol. The molecule has 1 aromatic carbocycles. The number of methoxy groups -OCH3 is 1. The van der Waals surface area contributed by atoms with Gasteiger partial charge >= 0.3 is 12.1 Å². The van der Waals surface area contributed by atoms with E-state index in [1.807, 2.05) is 0 Å². The highest BCUT2D eigenvalue weighted by molar-refractivity contribution is 7.14. The molecule has 1 N–H and O–H groups in total. The van der Waals surface area contributed by atoms with Crippen LogP contribution in [0.15, 0.2) is 34.7 Å². The Morgan fingerprint density at radius 1 is 1.39 bits per heavy atom. The molecule has 28 heavy (non-hydrogen) atoms. The number of alkyl halides is 3. The molecule has 1 aliphatic heterocycles. The summed E-state index contributed by atoms with van der Waals surface area (Å²) >= 11 is 0.742. The normalized spacial score (nSPS) is 19.5. The van der Waals surface area contributed by atoms with Gasteiger partial charge in [-0.2, -0.15) is 23.3 Å². The lowest BCUT2D eigenvalue weighted by Crippen LogP contribution is -2.55. The van der Waals surface area contributed by atoms with Crippen LogP contribution in [0.25, 0.3) is 0 Å². The number of esters is 1. The molecule has 0 spiro atoms. The van der Waals surface area contributed by atoms with Gasteiger partial charge in [0.25, 0.3) is 5.72 Å². The van der Waals surface area contributed by atoms with Gasteiger partial charge in [0.05, 0.1) is 25.8 Å². The molecule has 1 atom stereocenters. The Balaban J connectivity index is 2.05. The van der Waals surface area contributed by atoms with E-state index in [9.17, 15) is 23.1 Å². The lowest BCUT2D eigenvalue weighted by atomic mass is 10.0. The first-order chi connectivity index (χ1) is 13.2. The number of benzene rings is 1. The van der Waals surface area contributed by atoms with E-state index in [-0.39, 0.29) is 23.1 Å². The predicted octanol–water partition coefficient (Wildman–Crippen LogP) is 3.19. The summed E-state index contributed by atoms with van der Waals surface area (Å²) in [5, 5.41) is 15.8. The molecule has 3 rings (SSSR count). The van der Waals surface area contributed by atoms with E-state index in [4.69, 9.17) is 9.47 Å². The van der Waals surface area contributed by atoms with Crippen LogP contribution >= 0.6 is 11.3 Å². The van der Waals surface area contributed by atoms with E-state index in [2.05, 4.69) is 10.1 Å². The van der Waals surface area contributed by atoms with Crippen molar-refractivity contribution < 1.29 is 32.5 Å². The van der Waals surface area contributed by atoms with Gasteiger partial charge in [0, 0.05) is 10.9 Å². The number of thiazole rings is 1. The molecule has 0 amide bonds. The summed E-state index contributed by atoms with van der Waals surface area (Å²) in [5.41, 5.74) is -3.18. The zero-order chi connectivity index (χ0) is 20.5. The summed E-state index contributed by atoms with van der Waals surface area (Å²) in [6, 6.07) is 6.41. The van der Waals surface area contributed by atoms with Crippen LogP contribution in [0.4, 0.5) is 18.3 Å². The van der Waals surface area contributed by atoms with Crippen molar-refractivity contribution in [3.63, 3.8) is 0 Å². The average Bonchev–Trinajstić information content (AvgIpc) is 3.26. The second-order valence-electron chi connectivity index (χ2n) is 5.79. The van der Waals surface area contributed by atoms with E-state index < -0.39 is 24.3 Å². The summed E-state index contributed by atoms with van der Waals surface area (Å²) in [6.45, 7) is 1.69. The van der Waals surface area contributed by atoms with E-state index >= 15 is 0 Å². The maximum atomic E-state index is 13.7. The van der Waals surface area contributed by atoms with Crippen LogP contribution in [-0.2, 0) is 4.74 Å². The van der Waals surface area contributed by atoms with Gasteiger partial charge in [-0.3, -0.25) is 0 Å². The summed E-state index contributed by atoms with van der Waals surface area (Å²) in [7, 11) is 1.38. The fraction of sp³-hybridized carbons (Fsp3) is 0.353. The first-order valence-corrected chi connectivity index (χ1v) is 9.02. The number of hydrogen-bond acceptors (Lipinski definition) is 8. The van der Waals surface area contributed by atoms with Crippen molar-refractivity contribution in [1.29, 1.82) is 0 Å². The number of nitrogens with zero attached hydrogens (tertiary/aromatic N) is 3. The number of anilines is 1. The smallest absolute Gasteiger partial charge is 0.438 e. The zero-order valence-electron chi connectivity index (χ0n) is 14.9. The van der Waals surface area contributed by atoms with Crippen molar-refractivity contribution in [1.82, 2.24) is 4.98 Å². The van der Waals surface area contributed by atoms with E-state index in [0.29, 0.717) is 16.3 Å². The van der Waals surface area contributed by atoms with Gasteiger partial charge in [-0.05, 0) is 19.1 Å². The van der Waals surface area contributed by atoms with Gasteiger partial charge in [-0.25, -0.2) is 9.78 Å². The molecule has 0 saturated carbocycles. The molecule has 1 aliphatic rings. The Kier molecular flexibility index (Phi) is 5.31. The Morgan fingerprint density at radius 3 is 2.75 bits per heavy atom. The number of aromatic nitrogens is 1. The molecule has 150 valence electrons. The van der Waals surface area contributed by atoms with E-state index in [1.165, 1.54) is 12.5 Å². The number of hydrogen-bond donors (Lipinski definition) is 1. The van der Waals surface area contributed by atoms with E-state index in [1.54, 1.807) is 31.2 Å². The van der Waals surface area contributed by atoms with Crippen LogP contribution in [-0.4, -0.2) is 47.4 Å². The fourth-order valence-electron chi connectivity index (χ4n) is 2.66. The summed E-state index contributed by atoms with van der Waals surface area (Å²) in [6.07, 6.45) is -5.86. The van der Waals surface area contributed by atoms with Crippen LogP contribution in [0.5, 0.6) is 5.75 Å². The number of rotatable bonds is 5. The largest absolute Gasteiger partial charge is 0.496 e. The third kappa shape index (κ3) is 3.42. The summed E-state index contributed by atoms with van der Waals surface area (Å²) in [4.78, 5) is 15.6. The standard InChI is InChI=1S/C17H16F3N3O4S/c1-3-27-14(24)12-9-28-15(21-12)23-16(25,17(18,19)20)8-11(22-23)10-6-4-5-7-13(10)26-2/h4-7,9,25H,3,8H2,1-2H3/t16-/m1/s1. The molecule has 0 bridgehead atoms. The Morgan fingerprint density at radius 2 is 2.11 bits per heavy atom. The molecule has 0 fully saturated rings. The number of halogens is 3. The Hall–Kier alpha value is -2.66. The molecule has 0 unspecified atom stereocenters. The van der Waals surface area contributed by atoms with Crippen LogP contribution in [0.2, 0.25) is 0 Å². The van der Waals surface area contributed by atoms with Crippen molar-refractivity contribution in [2.45, 2.75) is 25.2 Å². The monoisotopic (exact) mass is 415 g/mol. The van der Waals surface area contributed by atoms with Crippen LogP contribution in [0.1, 0.15) is 29.4 Å². The molecule has 0 aliphatic carbocycles. The molecule has 2 heterocycles. The zero-order valence-corrected chi connectivity index (χ0v) is 15.7. The second kappa shape index (κ2) is 7.40. The highest BCUT2D eigenvalue weighted by Gasteiger charge is 2.62. The third-order valence-corrected chi connectivity index (χ3v) is 4.83. The highest BCUT2D eigenvalue weighted by atomic mass is 32.1. The van der Waals surface area contributed by atoms with Crippen molar-refractivity contribution >= 4 is 28.1 Å². The highest BCUT2D eigenvalue weighted by Crippen LogP contribution is 2.45. The molecular formula is C17H16F3N3O4S. The summed E-state index contributed by atoms with van der Waals surface area (Å²) in [5.74, 6) is -0.451. The molecular weight excluding hydrogens is 399 g/mol. The second-order valence-corrected chi connectivity index (χ2v) is 6.62. The SMILES string of the molecule is CCOC(=O)c1csc(N2N=C(c3ccccc3OC)C[C@@]2(O)C(F)(F)F)n1. The van der Waals surface area contributed by atoms with Gasteiger partial charge in [-0.1, -0.05) is 12.1 Å². The van der Waals surface area contributed by atoms with Gasteiger partial charge in [0.2, 0.25) is 5.13 Å². The molecule has 0 saturated heterocycles. The number of ether oxygens (including phenoxy) is 2. The van der Waals surface area contributed by atoms with Crippen molar-refractivity contribution in [2.75, 3.05) is 18.7 Å². The van der Waals surface area contributed by atoms with Crippen molar-refractivity contribution in [2.24, 2.45) is 5.10 Å². The maximum absolute atomic E-state index is 13.7. The van der Waals surface area contributed by atoms with Crippen LogP contribution < -0.4 is 9.75 Å². The minimum absolute atomic E-state index is 0.0230. The fourth-order valence-corrected chi connectivity index (χ4v) is 3.47. The van der Waals surface area contributed by atoms with Gasteiger partial charge in [0.15, 0.2) is 5.69 Å². The summed E-state index contributed by atoms with van der Waals surface area (Å²) < 4.78 is 51.2. The van der Waals surface area contributed by atoms with Crippen LogP contribution in [0.3, 0.4) is 0 Å². The van der Waals surface area contributed by atoms with Crippen molar-refractivity contribution in [3.8, 4) is 5.75 Å². The van der Waals surface area contributed by atoms with Crippen molar-refractivity contribution in [3.05, 3.63) is 40.9 Å². The number of aliphatic hydroxyl groups is 1. The third-order valence-electron chi connectivity index (χ3n) is 4.01. The Bertz CT molecular complexity index is 915. The molecule has 0 radical (unpaired) electrons. The first kappa shape index (κ1) is 20.1. The first-order valence-electron chi connectivity index (χ1n) is 8.14. The molecule has 11 heteroatoms. The number of hydrazone groups is 1. The van der Waals surface area contributed by atoms with E-state index in [0.717, 1.165) is 11.3 Å². The van der Waals surface area contributed by atoms with Crippen LogP contribution in [0, 0.1) is 0 Å². The lowest BCUT2D eigenvalue weighted by Gasteiger charge is -2.32. The number of carbonyl (C=O) groups excluding carboxylic acids is 1. The Labute approximate surface area is 162 Å².